The first-order chi connectivity index (χ1) is 15.7. The summed E-state index contributed by atoms with van der Waals surface area (Å²) in [7, 11) is 0. The van der Waals surface area contributed by atoms with Gasteiger partial charge in [-0.3, -0.25) is 0 Å². The number of benzene rings is 1. The quantitative estimate of drug-likeness (QED) is 0.289. The van der Waals surface area contributed by atoms with Crippen LogP contribution in [-0.4, -0.2) is 36.3 Å². The third kappa shape index (κ3) is 4.63. The van der Waals surface area contributed by atoms with Crippen LogP contribution in [0, 0.1) is 6.92 Å². The van der Waals surface area contributed by atoms with Crippen molar-refractivity contribution in [1.29, 1.82) is 0 Å². The monoisotopic (exact) mass is 595 g/mol. The molecule has 0 saturated carbocycles. The number of alkyl halides is 21. The van der Waals surface area contributed by atoms with Crippen molar-refractivity contribution < 1.29 is 92.2 Å². The lowest BCUT2D eigenvalue weighted by Gasteiger charge is -2.35. The van der Waals surface area contributed by atoms with Gasteiger partial charge in [0.15, 0.2) is 0 Å². The van der Waals surface area contributed by atoms with Gasteiger partial charge in [-0.05, 0) is 24.6 Å². The molecule has 0 amide bonds. The molecule has 0 aliphatic heterocycles. The van der Waals surface area contributed by atoms with Crippen molar-refractivity contribution in [2.24, 2.45) is 0 Å². The van der Waals surface area contributed by atoms with Crippen LogP contribution in [0.3, 0.4) is 0 Å². The number of rotatable bonds is 6. The second-order valence-corrected chi connectivity index (χ2v) is 6.99. The molecule has 0 nitrogen and oxygen atoms in total. The van der Waals surface area contributed by atoms with Gasteiger partial charge in [0.1, 0.15) is 0 Å². The van der Waals surface area contributed by atoms with E-state index in [-0.39, 0.29) is 0 Å². The second-order valence-electron chi connectivity index (χ2n) is 6.99. The molecule has 0 spiro atoms. The van der Waals surface area contributed by atoms with Crippen molar-refractivity contribution in [3.63, 3.8) is 0 Å². The summed E-state index contributed by atoms with van der Waals surface area (Å²) >= 11 is 0. The van der Waals surface area contributed by atoms with E-state index in [9.17, 15) is 92.2 Å². The lowest BCUT2D eigenvalue weighted by Crippen LogP contribution is -2.53. The predicted molar refractivity (Wildman–Crippen MR) is 75.6 cm³/mol. The maximum atomic E-state index is 14.1. The summed E-state index contributed by atoms with van der Waals surface area (Å²) in [5.74, 6) is -44.5. The highest BCUT2D eigenvalue weighted by Gasteiger charge is 2.78. The molecule has 215 valence electrons. The van der Waals surface area contributed by atoms with Crippen LogP contribution in [-0.2, 0) is 17.8 Å². The number of hydrogen-bond donors (Lipinski definition) is 0. The summed E-state index contributed by atoms with van der Waals surface area (Å²) in [5, 5.41) is 0. The first kappa shape index (κ1) is 32.8. The molecule has 0 saturated heterocycles. The van der Waals surface area contributed by atoms with Gasteiger partial charge in [0.05, 0.1) is 0 Å². The van der Waals surface area contributed by atoms with Gasteiger partial charge in [0.25, 0.3) is 0 Å². The summed E-state index contributed by atoms with van der Waals surface area (Å²) in [6.45, 7) is 1.86. The molecule has 1 radical (unpaired) electrons. The highest BCUT2D eigenvalue weighted by molar-refractivity contribution is 5.49. The van der Waals surface area contributed by atoms with Crippen molar-refractivity contribution in [1.82, 2.24) is 0 Å². The topological polar surface area (TPSA) is 0 Å². The molecule has 0 unspecified atom stereocenters. The molecule has 0 atom stereocenters. The number of halogens is 21. The minimum absolute atomic E-state index is 1.77. The van der Waals surface area contributed by atoms with Gasteiger partial charge in [-0.25, -0.2) is 0 Å². The summed E-state index contributed by atoms with van der Waals surface area (Å²) < 4.78 is 276. The highest BCUT2D eigenvalue weighted by atomic mass is 19.4. The Morgan fingerprint density at radius 1 is 0.378 bits per heavy atom. The van der Waals surface area contributed by atoms with E-state index in [4.69, 9.17) is 0 Å². The molecule has 21 heteroatoms. The minimum Gasteiger partial charge on any atom is -0.194 e. The molecule has 1 aromatic rings. The van der Waals surface area contributed by atoms with Crippen LogP contribution < -0.4 is 0 Å². The summed E-state index contributed by atoms with van der Waals surface area (Å²) in [6, 6.07) is -3.54. The molecule has 0 aromatic heterocycles. The Balaban J connectivity index is 4.35. The average Bonchev–Trinajstić information content (AvgIpc) is 2.64. The predicted octanol–water partition coefficient (Wildman–Crippen LogP) is 8.74. The van der Waals surface area contributed by atoms with Gasteiger partial charge >= 0.3 is 54.1 Å². The van der Waals surface area contributed by atoms with Gasteiger partial charge in [0, 0.05) is 16.7 Å². The van der Waals surface area contributed by atoms with Gasteiger partial charge in [-0.15, -0.1) is 0 Å². The van der Waals surface area contributed by atoms with E-state index in [2.05, 4.69) is 0 Å². The largest absolute Gasteiger partial charge is 0.460 e. The van der Waals surface area contributed by atoms with E-state index in [1.165, 1.54) is 0 Å². The van der Waals surface area contributed by atoms with Crippen LogP contribution >= 0.6 is 0 Å². The Morgan fingerprint density at radius 2 is 0.595 bits per heavy atom. The third-order valence-electron chi connectivity index (χ3n) is 4.54. The smallest absolute Gasteiger partial charge is 0.194 e. The van der Waals surface area contributed by atoms with Crippen molar-refractivity contribution in [3.8, 4) is 0 Å². The zero-order valence-electron chi connectivity index (χ0n) is 16.3. The van der Waals surface area contributed by atoms with Gasteiger partial charge in [-0.1, -0.05) is 0 Å². The summed E-state index contributed by atoms with van der Waals surface area (Å²) in [4.78, 5) is 0. The van der Waals surface area contributed by atoms with Gasteiger partial charge in [-0.2, -0.15) is 92.2 Å². The molecular weight excluding hydrogens is 591 g/mol. The lowest BCUT2D eigenvalue weighted by atomic mass is 9.85. The van der Waals surface area contributed by atoms with Crippen molar-refractivity contribution >= 4 is 0 Å². The number of hydrogen-bond acceptors (Lipinski definition) is 0. The maximum Gasteiger partial charge on any atom is 0.460 e. The Bertz CT molecular complexity index is 944. The summed E-state index contributed by atoms with van der Waals surface area (Å²) in [6.07, 6.45) is -22.4. The van der Waals surface area contributed by atoms with Crippen molar-refractivity contribution in [2.75, 3.05) is 0 Å². The molecular formula is C16H4F21. The van der Waals surface area contributed by atoms with E-state index < -0.39 is 88.5 Å². The Kier molecular flexibility index (Phi) is 7.42. The first-order valence-electron chi connectivity index (χ1n) is 8.23. The van der Waals surface area contributed by atoms with Crippen LogP contribution in [0.1, 0.15) is 22.3 Å². The van der Waals surface area contributed by atoms with E-state index in [0.29, 0.717) is 0 Å². The zero-order valence-corrected chi connectivity index (χ0v) is 16.3. The standard InChI is InChI=1S/C16H4F21/c1-4-6(9(19,20)12(25,26)15(32,33)34)2-5(8(17,18)11(23,24)14(29,30)31)3-7(4)10(21,22)13(27,28)16(35,36)37/h2-3H,1H2. The SMILES string of the molecule is [CH2]c1c(C(F)(F)C(F)(F)C(F)(F)F)cc(C(F)(F)C(F)(F)C(F)(F)F)cc1C(F)(F)C(F)(F)C(F)(F)F. The molecule has 1 aromatic carbocycles. The molecule has 0 N–H and O–H groups in total. The zero-order chi connectivity index (χ0) is 30.2. The molecule has 0 aliphatic carbocycles. The molecule has 0 aliphatic rings. The highest BCUT2D eigenvalue weighted by Crippen LogP contribution is 2.59. The van der Waals surface area contributed by atoms with Crippen LogP contribution in [0.4, 0.5) is 92.2 Å². The van der Waals surface area contributed by atoms with Gasteiger partial charge in [0.2, 0.25) is 0 Å². The van der Waals surface area contributed by atoms with Crippen LogP contribution in [0.5, 0.6) is 0 Å². The van der Waals surface area contributed by atoms with Crippen LogP contribution in [0.25, 0.3) is 0 Å². The van der Waals surface area contributed by atoms with Crippen molar-refractivity contribution in [2.45, 2.75) is 54.1 Å². The Labute approximate surface area is 189 Å². The average molecular weight is 595 g/mol. The molecule has 0 bridgehead atoms. The maximum absolute atomic E-state index is 14.1. The van der Waals surface area contributed by atoms with Crippen LogP contribution in [0.2, 0.25) is 0 Å². The third-order valence-corrected chi connectivity index (χ3v) is 4.54. The Hall–Kier alpha value is -2.25. The molecule has 0 heterocycles. The molecule has 0 fully saturated rings. The normalized spacial score (nSPS) is 15.8. The Morgan fingerprint density at radius 3 is 0.811 bits per heavy atom. The van der Waals surface area contributed by atoms with Crippen molar-refractivity contribution in [3.05, 3.63) is 41.3 Å². The summed E-state index contributed by atoms with van der Waals surface area (Å²) in [5.41, 5.74) is -14.3. The minimum atomic E-state index is -7.59. The van der Waals surface area contributed by atoms with E-state index in [1.54, 1.807) is 0 Å². The fraction of sp³-hybridized carbons (Fsp3) is 0.562. The first-order valence-corrected chi connectivity index (χ1v) is 8.23. The van der Waals surface area contributed by atoms with E-state index in [0.717, 1.165) is 0 Å². The fourth-order valence-corrected chi connectivity index (χ4v) is 2.47. The molecule has 1 rings (SSSR count). The van der Waals surface area contributed by atoms with E-state index >= 15 is 0 Å². The van der Waals surface area contributed by atoms with Crippen LogP contribution in [0.15, 0.2) is 12.1 Å². The van der Waals surface area contributed by atoms with Gasteiger partial charge < -0.3 is 0 Å². The fourth-order valence-electron chi connectivity index (χ4n) is 2.47. The van der Waals surface area contributed by atoms with E-state index in [1.807, 2.05) is 6.92 Å². The lowest BCUT2D eigenvalue weighted by molar-refractivity contribution is -0.362. The second kappa shape index (κ2) is 8.37. The molecule has 37 heavy (non-hydrogen) atoms.